The summed E-state index contributed by atoms with van der Waals surface area (Å²) in [5.41, 5.74) is 1.05. The fourth-order valence-corrected chi connectivity index (χ4v) is 3.90. The Bertz CT molecular complexity index is 294. The Morgan fingerprint density at radius 2 is 1.84 bits per heavy atom. The molecule has 2 aliphatic rings. The molecule has 2 atom stereocenters. The molecule has 0 radical (unpaired) electrons. The highest BCUT2D eigenvalue weighted by Crippen LogP contribution is 2.68. The van der Waals surface area contributed by atoms with Crippen molar-refractivity contribution in [3.8, 4) is 0 Å². The fourth-order valence-electron chi connectivity index (χ4n) is 3.90. The van der Waals surface area contributed by atoms with Crippen molar-refractivity contribution in [3.05, 3.63) is 0 Å². The van der Waals surface area contributed by atoms with Gasteiger partial charge in [-0.15, -0.1) is 0 Å². The first-order valence-electron chi connectivity index (χ1n) is 8.26. The predicted octanol–water partition coefficient (Wildman–Crippen LogP) is 3.38. The lowest BCUT2D eigenvalue weighted by Crippen LogP contribution is -2.42. The van der Waals surface area contributed by atoms with Gasteiger partial charge in [0.25, 0.3) is 0 Å². The lowest BCUT2D eigenvalue weighted by Gasteiger charge is -2.28. The summed E-state index contributed by atoms with van der Waals surface area (Å²) in [6.45, 7) is 19.5. The van der Waals surface area contributed by atoms with Gasteiger partial charge in [-0.2, -0.15) is 0 Å². The number of nitrogens with one attached hydrogen (secondary N) is 1. The second-order valence-electron chi connectivity index (χ2n) is 8.06. The largest absolute Gasteiger partial charge is 0.312 e. The zero-order valence-electron chi connectivity index (χ0n) is 13.9. The van der Waals surface area contributed by atoms with Gasteiger partial charge in [-0.25, -0.2) is 0 Å². The molecule has 2 unspecified atom stereocenters. The Labute approximate surface area is 120 Å². The van der Waals surface area contributed by atoms with Crippen LogP contribution in [0.2, 0.25) is 0 Å². The van der Waals surface area contributed by atoms with Gasteiger partial charge in [0, 0.05) is 19.1 Å². The van der Waals surface area contributed by atoms with Crippen LogP contribution < -0.4 is 5.32 Å². The Hall–Kier alpha value is -0.0800. The molecule has 0 aromatic heterocycles. The first-order valence-corrected chi connectivity index (χ1v) is 8.26. The summed E-state index contributed by atoms with van der Waals surface area (Å²) in [6.07, 6.45) is 2.59. The van der Waals surface area contributed by atoms with Crippen LogP contribution in [0.5, 0.6) is 0 Å². The normalized spacial score (nSPS) is 32.8. The molecule has 1 aliphatic carbocycles. The standard InChI is InChI=1S/C17H34N2/c1-7-13(2)14-11-19(10-8-9-18-14)12-15-16(3,4)17(15,5)6/h13-15,18H,7-12H2,1-6H3. The maximum atomic E-state index is 3.76. The molecule has 19 heavy (non-hydrogen) atoms. The summed E-state index contributed by atoms with van der Waals surface area (Å²) in [7, 11) is 0. The molecule has 0 aromatic rings. The minimum Gasteiger partial charge on any atom is -0.312 e. The van der Waals surface area contributed by atoms with Crippen LogP contribution in [0.4, 0.5) is 0 Å². The molecule has 112 valence electrons. The third-order valence-electron chi connectivity index (χ3n) is 6.60. The Morgan fingerprint density at radius 3 is 2.37 bits per heavy atom. The van der Waals surface area contributed by atoms with E-state index in [2.05, 4.69) is 51.8 Å². The van der Waals surface area contributed by atoms with Crippen molar-refractivity contribution in [1.82, 2.24) is 10.2 Å². The first-order chi connectivity index (χ1) is 8.80. The molecule has 0 aromatic carbocycles. The van der Waals surface area contributed by atoms with E-state index in [1.165, 1.54) is 39.0 Å². The summed E-state index contributed by atoms with van der Waals surface area (Å²) in [6, 6.07) is 0.692. The van der Waals surface area contributed by atoms with Crippen molar-refractivity contribution in [3.63, 3.8) is 0 Å². The molecule has 1 N–H and O–H groups in total. The first kappa shape index (κ1) is 15.3. The predicted molar refractivity (Wildman–Crippen MR) is 83.4 cm³/mol. The molecule has 1 saturated carbocycles. The summed E-state index contributed by atoms with van der Waals surface area (Å²) in [5.74, 6) is 1.66. The SMILES string of the molecule is CCC(C)C1CN(CC2C(C)(C)C2(C)C)CCCN1. The molecule has 2 rings (SSSR count). The van der Waals surface area contributed by atoms with Crippen molar-refractivity contribution < 1.29 is 0 Å². The zero-order valence-corrected chi connectivity index (χ0v) is 13.9. The van der Waals surface area contributed by atoms with Crippen LogP contribution in [0.1, 0.15) is 54.4 Å². The highest BCUT2D eigenvalue weighted by Gasteiger charge is 2.64. The summed E-state index contributed by atoms with van der Waals surface area (Å²) in [5, 5.41) is 3.76. The van der Waals surface area contributed by atoms with E-state index in [1.807, 2.05) is 0 Å². The second kappa shape index (κ2) is 5.37. The number of nitrogens with zero attached hydrogens (tertiary/aromatic N) is 1. The maximum absolute atomic E-state index is 3.76. The number of rotatable bonds is 4. The molecular formula is C17H34N2. The molecule has 1 heterocycles. The third-order valence-corrected chi connectivity index (χ3v) is 6.60. The van der Waals surface area contributed by atoms with Crippen LogP contribution >= 0.6 is 0 Å². The van der Waals surface area contributed by atoms with E-state index in [0.29, 0.717) is 16.9 Å². The average Bonchev–Trinajstić information content (AvgIpc) is 2.87. The van der Waals surface area contributed by atoms with E-state index < -0.39 is 0 Å². The molecule has 0 amide bonds. The van der Waals surface area contributed by atoms with Crippen molar-refractivity contribution in [2.45, 2.75) is 60.4 Å². The van der Waals surface area contributed by atoms with Gasteiger partial charge in [0.15, 0.2) is 0 Å². The van der Waals surface area contributed by atoms with Crippen molar-refractivity contribution in [2.24, 2.45) is 22.7 Å². The van der Waals surface area contributed by atoms with E-state index in [4.69, 9.17) is 0 Å². The Kier molecular flexibility index (Phi) is 4.32. The summed E-state index contributed by atoms with van der Waals surface area (Å²) >= 11 is 0. The van der Waals surface area contributed by atoms with Gasteiger partial charge in [0.2, 0.25) is 0 Å². The van der Waals surface area contributed by atoms with Gasteiger partial charge in [0.05, 0.1) is 0 Å². The number of hydrogen-bond acceptors (Lipinski definition) is 2. The van der Waals surface area contributed by atoms with Gasteiger partial charge < -0.3 is 10.2 Å². The Balaban J connectivity index is 1.93. The highest BCUT2D eigenvalue weighted by atomic mass is 15.2. The molecule has 1 saturated heterocycles. The summed E-state index contributed by atoms with van der Waals surface area (Å²) in [4.78, 5) is 2.73. The lowest BCUT2D eigenvalue weighted by atomic mass is 9.99. The minimum absolute atomic E-state index is 0.526. The van der Waals surface area contributed by atoms with Crippen molar-refractivity contribution >= 4 is 0 Å². The van der Waals surface area contributed by atoms with Crippen molar-refractivity contribution in [2.75, 3.05) is 26.2 Å². The molecule has 0 spiro atoms. The van der Waals surface area contributed by atoms with Crippen LogP contribution in [-0.4, -0.2) is 37.1 Å². The molecule has 0 bridgehead atoms. The van der Waals surface area contributed by atoms with Gasteiger partial charge in [-0.05, 0) is 42.2 Å². The van der Waals surface area contributed by atoms with E-state index in [-0.39, 0.29) is 0 Å². The van der Waals surface area contributed by atoms with E-state index in [1.54, 1.807) is 0 Å². The average molecular weight is 266 g/mol. The van der Waals surface area contributed by atoms with Crippen LogP contribution in [0.15, 0.2) is 0 Å². The zero-order chi connectivity index (χ0) is 14.3. The number of hydrogen-bond donors (Lipinski definition) is 1. The highest BCUT2D eigenvalue weighted by molar-refractivity contribution is 5.13. The Morgan fingerprint density at radius 1 is 1.21 bits per heavy atom. The van der Waals surface area contributed by atoms with E-state index in [9.17, 15) is 0 Å². The van der Waals surface area contributed by atoms with Gasteiger partial charge >= 0.3 is 0 Å². The maximum Gasteiger partial charge on any atom is 0.0220 e. The lowest BCUT2D eigenvalue weighted by molar-refractivity contribution is 0.218. The fraction of sp³-hybridized carbons (Fsp3) is 1.00. The van der Waals surface area contributed by atoms with Crippen LogP contribution in [0.25, 0.3) is 0 Å². The molecule has 2 fully saturated rings. The van der Waals surface area contributed by atoms with Crippen LogP contribution in [0.3, 0.4) is 0 Å². The smallest absolute Gasteiger partial charge is 0.0220 e. The summed E-state index contributed by atoms with van der Waals surface area (Å²) < 4.78 is 0. The van der Waals surface area contributed by atoms with Crippen molar-refractivity contribution in [1.29, 1.82) is 0 Å². The molecular weight excluding hydrogens is 232 g/mol. The van der Waals surface area contributed by atoms with E-state index >= 15 is 0 Å². The topological polar surface area (TPSA) is 15.3 Å². The van der Waals surface area contributed by atoms with Crippen LogP contribution in [-0.2, 0) is 0 Å². The van der Waals surface area contributed by atoms with Gasteiger partial charge in [-0.1, -0.05) is 48.0 Å². The molecule has 1 aliphatic heterocycles. The van der Waals surface area contributed by atoms with Gasteiger partial charge in [-0.3, -0.25) is 0 Å². The van der Waals surface area contributed by atoms with Crippen LogP contribution in [0, 0.1) is 22.7 Å². The second-order valence-corrected chi connectivity index (χ2v) is 8.06. The van der Waals surface area contributed by atoms with E-state index in [0.717, 1.165) is 11.8 Å². The monoisotopic (exact) mass is 266 g/mol. The third kappa shape index (κ3) is 2.85. The quantitative estimate of drug-likeness (QED) is 0.839. The van der Waals surface area contributed by atoms with Gasteiger partial charge in [0.1, 0.15) is 0 Å². The molecule has 2 nitrogen and oxygen atoms in total. The molecule has 2 heteroatoms. The minimum atomic E-state index is 0.526.